The van der Waals surface area contributed by atoms with Crippen LogP contribution in [0, 0.1) is 12.8 Å². The molecule has 16 heavy (non-hydrogen) atoms. The Morgan fingerprint density at radius 1 is 1.62 bits per heavy atom. The minimum absolute atomic E-state index is 0.0858. The third-order valence-corrected chi connectivity index (χ3v) is 5.10. The zero-order valence-corrected chi connectivity index (χ0v) is 10.2. The van der Waals surface area contributed by atoms with E-state index in [1.54, 1.807) is 17.9 Å². The molecule has 1 N–H and O–H groups in total. The van der Waals surface area contributed by atoms with Crippen molar-refractivity contribution < 1.29 is 13.5 Å². The van der Waals surface area contributed by atoms with Crippen LogP contribution in [0.4, 0.5) is 0 Å². The van der Waals surface area contributed by atoms with E-state index < -0.39 is 15.9 Å². The molecule has 1 fully saturated rings. The van der Waals surface area contributed by atoms with Gasteiger partial charge in [-0.25, -0.2) is 8.42 Å². The van der Waals surface area contributed by atoms with Gasteiger partial charge in [-0.3, -0.25) is 4.68 Å². The van der Waals surface area contributed by atoms with E-state index in [4.69, 9.17) is 0 Å². The second-order valence-corrected chi connectivity index (χ2v) is 6.65. The number of nitrogens with zero attached hydrogens (tertiary/aromatic N) is 2. The van der Waals surface area contributed by atoms with Gasteiger partial charge in [0, 0.05) is 24.2 Å². The molecule has 1 aliphatic heterocycles. The monoisotopic (exact) mass is 244 g/mol. The first-order valence-electron chi connectivity index (χ1n) is 5.28. The summed E-state index contributed by atoms with van der Waals surface area (Å²) in [5, 5.41) is 14.2. The number of hydrogen-bond donors (Lipinski definition) is 1. The van der Waals surface area contributed by atoms with Gasteiger partial charge >= 0.3 is 0 Å². The summed E-state index contributed by atoms with van der Waals surface area (Å²) < 4.78 is 24.4. The van der Waals surface area contributed by atoms with E-state index >= 15 is 0 Å². The van der Waals surface area contributed by atoms with Gasteiger partial charge in [-0.15, -0.1) is 0 Å². The highest BCUT2D eigenvalue weighted by Gasteiger charge is 2.34. The topological polar surface area (TPSA) is 72.2 Å². The average Bonchev–Trinajstić information content (AvgIpc) is 2.71. The minimum Gasteiger partial charge on any atom is -0.388 e. The first kappa shape index (κ1) is 11.6. The molecule has 1 aromatic rings. The van der Waals surface area contributed by atoms with Gasteiger partial charge in [-0.05, 0) is 13.3 Å². The Bertz CT molecular complexity index is 492. The second kappa shape index (κ2) is 3.85. The lowest BCUT2D eigenvalue weighted by molar-refractivity contribution is 0.120. The van der Waals surface area contributed by atoms with E-state index in [0.717, 1.165) is 11.3 Å². The van der Waals surface area contributed by atoms with Crippen molar-refractivity contribution in [3.05, 3.63) is 17.5 Å². The van der Waals surface area contributed by atoms with Crippen molar-refractivity contribution in [2.75, 3.05) is 11.5 Å². The third-order valence-electron chi connectivity index (χ3n) is 3.31. The van der Waals surface area contributed by atoms with Gasteiger partial charge in [0.25, 0.3) is 0 Å². The molecular weight excluding hydrogens is 228 g/mol. The molecule has 0 saturated carbocycles. The van der Waals surface area contributed by atoms with Crippen molar-refractivity contribution >= 4 is 9.84 Å². The van der Waals surface area contributed by atoms with Crippen molar-refractivity contribution in [1.29, 1.82) is 0 Å². The van der Waals surface area contributed by atoms with Crippen molar-refractivity contribution in [2.45, 2.75) is 19.4 Å². The normalized spacial score (nSPS) is 25.8. The van der Waals surface area contributed by atoms with Gasteiger partial charge in [-0.1, -0.05) is 0 Å². The zero-order chi connectivity index (χ0) is 11.9. The van der Waals surface area contributed by atoms with E-state index in [-0.39, 0.29) is 17.4 Å². The highest BCUT2D eigenvalue weighted by atomic mass is 32.2. The van der Waals surface area contributed by atoms with Crippen LogP contribution in [0.5, 0.6) is 0 Å². The number of hydrogen-bond acceptors (Lipinski definition) is 4. The number of sulfone groups is 1. The summed E-state index contributed by atoms with van der Waals surface area (Å²) in [7, 11) is -1.14. The van der Waals surface area contributed by atoms with Crippen molar-refractivity contribution in [3.63, 3.8) is 0 Å². The Balaban J connectivity index is 2.21. The smallest absolute Gasteiger partial charge is 0.150 e. The molecule has 90 valence electrons. The van der Waals surface area contributed by atoms with Gasteiger partial charge in [0.1, 0.15) is 0 Å². The molecule has 2 heterocycles. The maximum atomic E-state index is 11.3. The number of rotatable bonds is 2. The van der Waals surface area contributed by atoms with E-state index in [2.05, 4.69) is 5.10 Å². The molecule has 0 radical (unpaired) electrons. The third kappa shape index (κ3) is 1.99. The van der Waals surface area contributed by atoms with Crippen LogP contribution in [-0.4, -0.2) is 34.8 Å². The Labute approximate surface area is 95.0 Å². The summed E-state index contributed by atoms with van der Waals surface area (Å²) in [6, 6.07) is 0. The molecule has 1 aliphatic rings. The first-order valence-corrected chi connectivity index (χ1v) is 7.10. The molecule has 6 heteroatoms. The molecule has 0 aromatic carbocycles. The summed E-state index contributed by atoms with van der Waals surface area (Å²) in [6.07, 6.45) is 1.44. The highest BCUT2D eigenvalue weighted by molar-refractivity contribution is 7.91. The summed E-state index contributed by atoms with van der Waals surface area (Å²) >= 11 is 0. The number of aryl methyl sites for hydroxylation is 1. The summed E-state index contributed by atoms with van der Waals surface area (Å²) in [5.74, 6) is 0.0872. The van der Waals surface area contributed by atoms with Gasteiger partial charge in [0.05, 0.1) is 23.8 Å². The largest absolute Gasteiger partial charge is 0.388 e. The molecule has 1 aromatic heterocycles. The van der Waals surface area contributed by atoms with Gasteiger partial charge in [0.15, 0.2) is 9.84 Å². The lowest BCUT2D eigenvalue weighted by Gasteiger charge is -2.16. The van der Waals surface area contributed by atoms with Gasteiger partial charge in [0.2, 0.25) is 0 Å². The number of aliphatic hydroxyl groups excluding tert-OH is 1. The molecule has 5 nitrogen and oxygen atoms in total. The molecule has 2 atom stereocenters. The molecule has 2 rings (SSSR count). The fourth-order valence-electron chi connectivity index (χ4n) is 2.13. The molecule has 2 unspecified atom stereocenters. The van der Waals surface area contributed by atoms with E-state index in [9.17, 15) is 13.5 Å². The summed E-state index contributed by atoms with van der Waals surface area (Å²) in [5.41, 5.74) is 1.63. The average molecular weight is 244 g/mol. The fourth-order valence-corrected chi connectivity index (χ4v) is 3.96. The molecule has 0 spiro atoms. The van der Waals surface area contributed by atoms with E-state index in [1.807, 2.05) is 6.92 Å². The van der Waals surface area contributed by atoms with Gasteiger partial charge < -0.3 is 5.11 Å². The Kier molecular flexibility index (Phi) is 2.79. The lowest BCUT2D eigenvalue weighted by Crippen LogP contribution is -2.15. The maximum Gasteiger partial charge on any atom is 0.150 e. The van der Waals surface area contributed by atoms with E-state index in [0.29, 0.717) is 6.42 Å². The standard InChI is InChI=1S/C10H16N2O3S/c1-7-9(5-11-12(7)2)10(13)8-3-4-16(14,15)6-8/h5,8,10,13H,3-4,6H2,1-2H3. The summed E-state index contributed by atoms with van der Waals surface area (Å²) in [6.45, 7) is 1.87. The Hall–Kier alpha value is -0.880. The van der Waals surface area contributed by atoms with Crippen LogP contribution in [0.3, 0.4) is 0 Å². The quantitative estimate of drug-likeness (QED) is 0.806. The Morgan fingerprint density at radius 2 is 2.31 bits per heavy atom. The lowest BCUT2D eigenvalue weighted by atomic mass is 9.96. The van der Waals surface area contributed by atoms with Gasteiger partial charge in [-0.2, -0.15) is 5.10 Å². The van der Waals surface area contributed by atoms with Crippen LogP contribution in [0.15, 0.2) is 6.20 Å². The van der Waals surface area contributed by atoms with Crippen LogP contribution in [0.25, 0.3) is 0 Å². The predicted molar refractivity (Wildman–Crippen MR) is 59.7 cm³/mol. The number of aliphatic hydroxyl groups is 1. The Morgan fingerprint density at radius 3 is 2.75 bits per heavy atom. The maximum absolute atomic E-state index is 11.3. The highest BCUT2D eigenvalue weighted by Crippen LogP contribution is 2.32. The SMILES string of the molecule is Cc1c(C(O)C2CCS(=O)(=O)C2)cnn1C. The fraction of sp³-hybridized carbons (Fsp3) is 0.700. The molecule has 1 saturated heterocycles. The van der Waals surface area contributed by atoms with E-state index in [1.165, 1.54) is 0 Å². The second-order valence-electron chi connectivity index (χ2n) is 4.42. The van der Waals surface area contributed by atoms with Crippen LogP contribution in [0.1, 0.15) is 23.8 Å². The summed E-state index contributed by atoms with van der Waals surface area (Å²) in [4.78, 5) is 0. The van der Waals surface area contributed by atoms with Crippen LogP contribution >= 0.6 is 0 Å². The zero-order valence-electron chi connectivity index (χ0n) is 9.42. The van der Waals surface area contributed by atoms with Crippen molar-refractivity contribution in [3.8, 4) is 0 Å². The number of aromatic nitrogens is 2. The van der Waals surface area contributed by atoms with Crippen molar-refractivity contribution in [2.24, 2.45) is 13.0 Å². The van der Waals surface area contributed by atoms with Crippen LogP contribution in [0.2, 0.25) is 0 Å². The molecule has 0 bridgehead atoms. The predicted octanol–water partition coefficient (Wildman–Crippen LogP) is 0.197. The van der Waals surface area contributed by atoms with Crippen molar-refractivity contribution in [1.82, 2.24) is 9.78 Å². The molecule has 0 aliphatic carbocycles. The minimum atomic E-state index is -2.94. The molecule has 0 amide bonds. The van der Waals surface area contributed by atoms with Crippen LogP contribution in [-0.2, 0) is 16.9 Å². The first-order chi connectivity index (χ1) is 7.41. The molecular formula is C10H16N2O3S. The van der Waals surface area contributed by atoms with Crippen LogP contribution < -0.4 is 0 Å².